The maximum Gasteiger partial charge on any atom is 0.252 e. The molecule has 1 aromatic carbocycles. The Balaban J connectivity index is 2.11. The van der Waals surface area contributed by atoms with Crippen molar-refractivity contribution in [3.05, 3.63) is 58.3 Å². The summed E-state index contributed by atoms with van der Waals surface area (Å²) in [5.41, 5.74) is 0.659. The Labute approximate surface area is 150 Å². The number of nitrogens with one attached hydrogen (secondary N) is 1. The fraction of sp³-hybridized carbons (Fsp3) is 0.200. The molecule has 0 spiro atoms. The van der Waals surface area contributed by atoms with Gasteiger partial charge in [-0.25, -0.2) is 8.42 Å². The molecule has 1 amide bonds. The van der Waals surface area contributed by atoms with Crippen LogP contribution in [0, 0.1) is 0 Å². The summed E-state index contributed by atoms with van der Waals surface area (Å²) in [6.45, 7) is 0.120. The molecular weight excluding hydrogens is 373 g/mol. The molecule has 24 heavy (non-hydrogen) atoms. The minimum Gasteiger partial charge on any atom is -0.350 e. The van der Waals surface area contributed by atoms with Crippen LogP contribution in [0.2, 0.25) is 10.0 Å². The van der Waals surface area contributed by atoms with Gasteiger partial charge in [-0.15, -0.1) is 0 Å². The van der Waals surface area contributed by atoms with E-state index in [0.29, 0.717) is 10.6 Å². The maximum absolute atomic E-state index is 12.0. The van der Waals surface area contributed by atoms with Crippen LogP contribution in [-0.4, -0.2) is 38.7 Å². The van der Waals surface area contributed by atoms with E-state index in [1.165, 1.54) is 18.3 Å². The van der Waals surface area contributed by atoms with Crippen LogP contribution in [0.5, 0.6) is 0 Å². The minimum atomic E-state index is -3.59. The highest BCUT2D eigenvalue weighted by Crippen LogP contribution is 2.30. The summed E-state index contributed by atoms with van der Waals surface area (Å²) in [6, 6.07) is 7.81. The van der Waals surface area contributed by atoms with Crippen molar-refractivity contribution in [2.24, 2.45) is 0 Å². The van der Waals surface area contributed by atoms with E-state index in [9.17, 15) is 13.2 Å². The van der Waals surface area contributed by atoms with Crippen LogP contribution in [0.15, 0.2) is 42.7 Å². The van der Waals surface area contributed by atoms with Gasteiger partial charge in [0, 0.05) is 24.0 Å². The van der Waals surface area contributed by atoms with Gasteiger partial charge in [0.2, 0.25) is 10.0 Å². The molecule has 0 aliphatic carbocycles. The van der Waals surface area contributed by atoms with Gasteiger partial charge < -0.3 is 5.32 Å². The van der Waals surface area contributed by atoms with Gasteiger partial charge in [0.05, 0.1) is 29.1 Å². The van der Waals surface area contributed by atoms with Crippen molar-refractivity contribution in [1.29, 1.82) is 0 Å². The lowest BCUT2D eigenvalue weighted by molar-refractivity contribution is 0.0954. The topological polar surface area (TPSA) is 79.4 Å². The van der Waals surface area contributed by atoms with Crippen molar-refractivity contribution in [3.8, 4) is 0 Å². The van der Waals surface area contributed by atoms with E-state index in [1.54, 1.807) is 24.4 Å². The molecule has 1 aromatic heterocycles. The highest BCUT2D eigenvalue weighted by Gasteiger charge is 2.20. The number of hydrogen-bond donors (Lipinski definition) is 1. The molecule has 0 saturated heterocycles. The first kappa shape index (κ1) is 18.5. The van der Waals surface area contributed by atoms with Crippen LogP contribution >= 0.6 is 23.2 Å². The van der Waals surface area contributed by atoms with Crippen molar-refractivity contribution in [1.82, 2.24) is 10.3 Å². The molecule has 1 heterocycles. The predicted octanol–water partition coefficient (Wildman–Crippen LogP) is 2.58. The van der Waals surface area contributed by atoms with E-state index in [1.807, 2.05) is 0 Å². The van der Waals surface area contributed by atoms with Crippen LogP contribution in [0.25, 0.3) is 0 Å². The summed E-state index contributed by atoms with van der Waals surface area (Å²) in [5.74, 6) is -0.339. The maximum atomic E-state index is 12.0. The van der Waals surface area contributed by atoms with E-state index in [2.05, 4.69) is 10.3 Å². The van der Waals surface area contributed by atoms with Crippen LogP contribution in [-0.2, 0) is 10.0 Å². The molecule has 2 aromatic rings. The summed E-state index contributed by atoms with van der Waals surface area (Å²) in [4.78, 5) is 15.8. The summed E-state index contributed by atoms with van der Waals surface area (Å²) < 4.78 is 25.2. The molecule has 0 unspecified atom stereocenters. The zero-order valence-corrected chi connectivity index (χ0v) is 15.1. The molecule has 9 heteroatoms. The van der Waals surface area contributed by atoms with Crippen LogP contribution in [0.1, 0.15) is 10.4 Å². The fourth-order valence-corrected chi connectivity index (χ4v) is 3.38. The average Bonchev–Trinajstić information content (AvgIpc) is 2.53. The smallest absolute Gasteiger partial charge is 0.252 e. The van der Waals surface area contributed by atoms with Crippen LogP contribution < -0.4 is 9.62 Å². The number of carbonyl (C=O) groups is 1. The van der Waals surface area contributed by atoms with Gasteiger partial charge in [0.1, 0.15) is 0 Å². The van der Waals surface area contributed by atoms with Crippen molar-refractivity contribution in [2.45, 2.75) is 0 Å². The molecule has 2 rings (SSSR count). The molecular formula is C15H15Cl2N3O3S. The second-order valence-corrected chi connectivity index (χ2v) is 7.68. The SMILES string of the molecule is CS(=O)(=O)N(CCNC(=O)c1cccnc1)c1cc(Cl)ccc1Cl. The first-order valence-corrected chi connectivity index (χ1v) is 9.50. The number of aromatic nitrogens is 1. The quantitative estimate of drug-likeness (QED) is 0.825. The van der Waals surface area contributed by atoms with Gasteiger partial charge in [-0.1, -0.05) is 23.2 Å². The Bertz CT molecular complexity index is 829. The van der Waals surface area contributed by atoms with Crippen LogP contribution in [0.3, 0.4) is 0 Å². The predicted molar refractivity (Wildman–Crippen MR) is 95.2 cm³/mol. The highest BCUT2D eigenvalue weighted by atomic mass is 35.5. The Morgan fingerprint density at radius 3 is 2.67 bits per heavy atom. The summed E-state index contributed by atoms with van der Waals surface area (Å²) in [6.07, 6.45) is 4.05. The monoisotopic (exact) mass is 387 g/mol. The number of halogens is 2. The van der Waals surface area contributed by atoms with E-state index < -0.39 is 10.0 Å². The number of carbonyl (C=O) groups excluding carboxylic acids is 1. The molecule has 0 fully saturated rings. The molecule has 0 aliphatic rings. The molecule has 0 saturated carbocycles. The standard InChI is InChI=1S/C15H15Cl2N3O3S/c1-24(22,23)20(14-9-12(16)4-5-13(14)17)8-7-19-15(21)11-3-2-6-18-10-11/h2-6,9-10H,7-8H2,1H3,(H,19,21). The van der Waals surface area contributed by atoms with Crippen molar-refractivity contribution < 1.29 is 13.2 Å². The second kappa shape index (κ2) is 7.83. The third kappa shape index (κ3) is 4.83. The van der Waals surface area contributed by atoms with Gasteiger partial charge in [-0.3, -0.25) is 14.1 Å². The lowest BCUT2D eigenvalue weighted by Gasteiger charge is -2.23. The number of benzene rings is 1. The summed E-state index contributed by atoms with van der Waals surface area (Å²) >= 11 is 12.0. The minimum absolute atomic E-state index is 0.0187. The molecule has 0 bridgehead atoms. The number of hydrogen-bond acceptors (Lipinski definition) is 4. The largest absolute Gasteiger partial charge is 0.350 e. The summed E-state index contributed by atoms with van der Waals surface area (Å²) in [5, 5.41) is 3.26. The molecule has 0 radical (unpaired) electrons. The molecule has 0 aliphatic heterocycles. The van der Waals surface area contributed by atoms with E-state index in [-0.39, 0.29) is 29.7 Å². The zero-order valence-electron chi connectivity index (χ0n) is 12.7. The van der Waals surface area contributed by atoms with Crippen molar-refractivity contribution >= 4 is 44.8 Å². The summed E-state index contributed by atoms with van der Waals surface area (Å²) in [7, 11) is -3.59. The number of nitrogens with zero attached hydrogens (tertiary/aromatic N) is 2. The Hall–Kier alpha value is -1.83. The fourth-order valence-electron chi connectivity index (χ4n) is 2.01. The Morgan fingerprint density at radius 2 is 2.04 bits per heavy atom. The number of rotatable bonds is 6. The zero-order chi connectivity index (χ0) is 17.7. The molecule has 6 nitrogen and oxygen atoms in total. The number of amides is 1. The Morgan fingerprint density at radius 1 is 1.29 bits per heavy atom. The number of pyridine rings is 1. The van der Waals surface area contributed by atoms with Crippen molar-refractivity contribution in [3.63, 3.8) is 0 Å². The Kier molecular flexibility index (Phi) is 6.04. The van der Waals surface area contributed by atoms with E-state index in [4.69, 9.17) is 23.2 Å². The average molecular weight is 388 g/mol. The first-order chi connectivity index (χ1) is 11.3. The van der Waals surface area contributed by atoms with E-state index in [0.717, 1.165) is 10.6 Å². The van der Waals surface area contributed by atoms with Gasteiger partial charge in [-0.2, -0.15) is 0 Å². The lowest BCUT2D eigenvalue weighted by atomic mass is 10.2. The lowest BCUT2D eigenvalue weighted by Crippen LogP contribution is -2.38. The number of anilines is 1. The van der Waals surface area contributed by atoms with E-state index >= 15 is 0 Å². The number of sulfonamides is 1. The molecule has 128 valence electrons. The third-order valence-electron chi connectivity index (χ3n) is 3.10. The molecule has 1 N–H and O–H groups in total. The highest BCUT2D eigenvalue weighted by molar-refractivity contribution is 7.92. The van der Waals surface area contributed by atoms with Crippen LogP contribution in [0.4, 0.5) is 5.69 Å². The van der Waals surface area contributed by atoms with Gasteiger partial charge in [0.25, 0.3) is 5.91 Å². The van der Waals surface area contributed by atoms with Gasteiger partial charge in [-0.05, 0) is 30.3 Å². The second-order valence-electron chi connectivity index (χ2n) is 4.93. The van der Waals surface area contributed by atoms with Gasteiger partial charge >= 0.3 is 0 Å². The normalized spacial score (nSPS) is 11.1. The first-order valence-electron chi connectivity index (χ1n) is 6.90. The van der Waals surface area contributed by atoms with Crippen molar-refractivity contribution in [2.75, 3.05) is 23.7 Å². The van der Waals surface area contributed by atoms with Gasteiger partial charge in [0.15, 0.2) is 0 Å². The molecule has 0 atom stereocenters. The third-order valence-corrected chi connectivity index (χ3v) is 4.84.